The summed E-state index contributed by atoms with van der Waals surface area (Å²) >= 11 is 6.24. The van der Waals surface area contributed by atoms with Crippen LogP contribution in [0.25, 0.3) is 0 Å². The molecule has 1 aromatic rings. The van der Waals surface area contributed by atoms with Gasteiger partial charge in [-0.05, 0) is 36.5 Å². The molecule has 0 heterocycles. The van der Waals surface area contributed by atoms with Crippen molar-refractivity contribution in [2.45, 2.75) is 64.0 Å². The highest BCUT2D eigenvalue weighted by molar-refractivity contribution is 6.21. The summed E-state index contributed by atoms with van der Waals surface area (Å²) in [6.07, 6.45) is 1.98. The van der Waals surface area contributed by atoms with Gasteiger partial charge in [-0.15, -0.1) is 11.6 Å². The molecule has 1 aromatic carbocycles. The quantitative estimate of drug-likeness (QED) is 0.710. The standard InChI is InChI=1S/C17H25ClO2/c1-5-8-19-17-14(18)10-16(17)20-15-9-12(4)6-7-13(15)11(2)3/h6-7,9,11,14,16-17H,5,8,10H2,1-4H3. The summed E-state index contributed by atoms with van der Waals surface area (Å²) in [6.45, 7) is 9.32. The van der Waals surface area contributed by atoms with Crippen molar-refractivity contribution in [1.82, 2.24) is 0 Å². The van der Waals surface area contributed by atoms with Crippen molar-refractivity contribution in [3.63, 3.8) is 0 Å². The van der Waals surface area contributed by atoms with Gasteiger partial charge in [0.1, 0.15) is 18.0 Å². The number of alkyl halides is 1. The highest BCUT2D eigenvalue weighted by atomic mass is 35.5. The molecular weight excluding hydrogens is 272 g/mol. The van der Waals surface area contributed by atoms with Crippen LogP contribution < -0.4 is 4.74 Å². The van der Waals surface area contributed by atoms with Crippen LogP contribution in [0.5, 0.6) is 5.75 Å². The van der Waals surface area contributed by atoms with E-state index in [0.717, 1.165) is 25.2 Å². The number of hydrogen-bond acceptors (Lipinski definition) is 2. The summed E-state index contributed by atoms with van der Waals surface area (Å²) in [4.78, 5) is 0. The monoisotopic (exact) mass is 296 g/mol. The maximum absolute atomic E-state index is 6.24. The van der Waals surface area contributed by atoms with E-state index in [1.54, 1.807) is 0 Å². The van der Waals surface area contributed by atoms with E-state index in [0.29, 0.717) is 5.92 Å². The second-order valence-electron chi connectivity index (χ2n) is 5.94. The van der Waals surface area contributed by atoms with Gasteiger partial charge >= 0.3 is 0 Å². The van der Waals surface area contributed by atoms with Gasteiger partial charge < -0.3 is 9.47 Å². The lowest BCUT2D eigenvalue weighted by molar-refractivity contribution is -0.0801. The molecule has 0 amide bonds. The smallest absolute Gasteiger partial charge is 0.128 e. The molecule has 0 aliphatic heterocycles. The topological polar surface area (TPSA) is 18.5 Å². The second kappa shape index (κ2) is 6.82. The molecule has 3 unspecified atom stereocenters. The van der Waals surface area contributed by atoms with E-state index in [-0.39, 0.29) is 17.6 Å². The normalized spacial score (nSPS) is 25.6. The number of benzene rings is 1. The van der Waals surface area contributed by atoms with Crippen LogP contribution in [-0.2, 0) is 4.74 Å². The van der Waals surface area contributed by atoms with Gasteiger partial charge in [-0.1, -0.05) is 32.9 Å². The van der Waals surface area contributed by atoms with Gasteiger partial charge in [0.15, 0.2) is 0 Å². The predicted molar refractivity (Wildman–Crippen MR) is 84.0 cm³/mol. The third kappa shape index (κ3) is 3.48. The van der Waals surface area contributed by atoms with Gasteiger partial charge in [-0.25, -0.2) is 0 Å². The Kier molecular flexibility index (Phi) is 5.34. The number of hydrogen-bond donors (Lipinski definition) is 0. The summed E-state index contributed by atoms with van der Waals surface area (Å²) in [5.74, 6) is 1.44. The highest BCUT2D eigenvalue weighted by Crippen LogP contribution is 2.36. The van der Waals surface area contributed by atoms with Crippen molar-refractivity contribution in [1.29, 1.82) is 0 Å². The molecule has 0 aromatic heterocycles. The molecule has 112 valence electrons. The molecular formula is C17H25ClO2. The fourth-order valence-electron chi connectivity index (χ4n) is 2.49. The van der Waals surface area contributed by atoms with E-state index in [9.17, 15) is 0 Å². The third-order valence-corrected chi connectivity index (χ3v) is 4.19. The minimum absolute atomic E-state index is 0.0251. The number of halogens is 1. The van der Waals surface area contributed by atoms with Crippen LogP contribution in [0.4, 0.5) is 0 Å². The molecule has 3 heteroatoms. The molecule has 0 bridgehead atoms. The molecule has 20 heavy (non-hydrogen) atoms. The number of rotatable bonds is 6. The Morgan fingerprint density at radius 1 is 1.35 bits per heavy atom. The van der Waals surface area contributed by atoms with Crippen molar-refractivity contribution in [3.8, 4) is 5.75 Å². The minimum Gasteiger partial charge on any atom is -0.487 e. The van der Waals surface area contributed by atoms with E-state index in [1.165, 1.54) is 11.1 Å². The number of ether oxygens (including phenoxy) is 2. The average molecular weight is 297 g/mol. The number of aryl methyl sites for hydroxylation is 1. The predicted octanol–water partition coefficient (Wildman–Crippen LogP) is 4.67. The average Bonchev–Trinajstić information content (AvgIpc) is 2.38. The molecule has 0 N–H and O–H groups in total. The molecule has 2 nitrogen and oxygen atoms in total. The SMILES string of the molecule is CCCOC1C(Cl)CC1Oc1cc(C)ccc1C(C)C. The fraction of sp³-hybridized carbons (Fsp3) is 0.647. The second-order valence-corrected chi connectivity index (χ2v) is 6.50. The summed E-state index contributed by atoms with van der Waals surface area (Å²) in [6, 6.07) is 6.42. The first-order valence-electron chi connectivity index (χ1n) is 7.55. The summed E-state index contributed by atoms with van der Waals surface area (Å²) in [7, 11) is 0. The van der Waals surface area contributed by atoms with Gasteiger partial charge in [-0.3, -0.25) is 0 Å². The highest BCUT2D eigenvalue weighted by Gasteiger charge is 2.43. The van der Waals surface area contributed by atoms with Crippen LogP contribution >= 0.6 is 11.6 Å². The van der Waals surface area contributed by atoms with Crippen LogP contribution in [0.2, 0.25) is 0 Å². The maximum Gasteiger partial charge on any atom is 0.128 e. The Balaban J connectivity index is 2.08. The zero-order valence-corrected chi connectivity index (χ0v) is 13.6. The minimum atomic E-state index is 0.0251. The fourth-order valence-corrected chi connectivity index (χ4v) is 2.90. The van der Waals surface area contributed by atoms with E-state index in [1.807, 2.05) is 0 Å². The Bertz CT molecular complexity index is 445. The summed E-state index contributed by atoms with van der Waals surface area (Å²) in [5, 5.41) is 0.0823. The van der Waals surface area contributed by atoms with E-state index < -0.39 is 0 Å². The van der Waals surface area contributed by atoms with Crippen LogP contribution in [0.1, 0.15) is 50.7 Å². The molecule has 1 aliphatic rings. The lowest BCUT2D eigenvalue weighted by atomic mass is 9.90. The first-order chi connectivity index (χ1) is 9.52. The van der Waals surface area contributed by atoms with Crippen LogP contribution in [-0.4, -0.2) is 24.2 Å². The lowest BCUT2D eigenvalue weighted by Crippen LogP contribution is -2.52. The lowest BCUT2D eigenvalue weighted by Gasteiger charge is -2.41. The molecule has 2 rings (SSSR count). The van der Waals surface area contributed by atoms with E-state index in [4.69, 9.17) is 21.1 Å². The van der Waals surface area contributed by atoms with Crippen molar-refractivity contribution in [2.75, 3.05) is 6.61 Å². The van der Waals surface area contributed by atoms with E-state index in [2.05, 4.69) is 45.9 Å². The van der Waals surface area contributed by atoms with Crippen LogP contribution in [0, 0.1) is 6.92 Å². The molecule has 0 spiro atoms. The van der Waals surface area contributed by atoms with Crippen LogP contribution in [0.3, 0.4) is 0 Å². The molecule has 1 fully saturated rings. The third-order valence-electron chi connectivity index (χ3n) is 3.76. The van der Waals surface area contributed by atoms with Crippen LogP contribution in [0.15, 0.2) is 18.2 Å². The maximum atomic E-state index is 6.24. The van der Waals surface area contributed by atoms with Gasteiger partial charge in [0.2, 0.25) is 0 Å². The van der Waals surface area contributed by atoms with Gasteiger partial charge in [-0.2, -0.15) is 0 Å². The van der Waals surface area contributed by atoms with Gasteiger partial charge in [0, 0.05) is 13.0 Å². The Morgan fingerprint density at radius 3 is 2.70 bits per heavy atom. The van der Waals surface area contributed by atoms with Gasteiger partial charge in [0.25, 0.3) is 0 Å². The van der Waals surface area contributed by atoms with Crippen molar-refractivity contribution in [2.24, 2.45) is 0 Å². The first-order valence-corrected chi connectivity index (χ1v) is 7.99. The Labute approximate surface area is 127 Å². The zero-order valence-electron chi connectivity index (χ0n) is 12.9. The Hall–Kier alpha value is -0.730. The van der Waals surface area contributed by atoms with Gasteiger partial charge in [0.05, 0.1) is 5.38 Å². The molecule has 0 saturated heterocycles. The largest absolute Gasteiger partial charge is 0.487 e. The van der Waals surface area contributed by atoms with Crippen molar-refractivity contribution < 1.29 is 9.47 Å². The van der Waals surface area contributed by atoms with E-state index >= 15 is 0 Å². The molecule has 3 atom stereocenters. The summed E-state index contributed by atoms with van der Waals surface area (Å²) < 4.78 is 12.0. The molecule has 1 saturated carbocycles. The van der Waals surface area contributed by atoms with Crippen molar-refractivity contribution >= 4 is 11.6 Å². The first kappa shape index (κ1) is 15.7. The zero-order chi connectivity index (χ0) is 14.7. The molecule has 0 radical (unpaired) electrons. The Morgan fingerprint density at radius 2 is 2.10 bits per heavy atom. The summed E-state index contributed by atoms with van der Waals surface area (Å²) in [5.41, 5.74) is 2.47. The van der Waals surface area contributed by atoms with Crippen molar-refractivity contribution in [3.05, 3.63) is 29.3 Å². The molecule has 1 aliphatic carbocycles.